The van der Waals surface area contributed by atoms with Crippen molar-refractivity contribution in [3.8, 4) is 11.5 Å². The highest BCUT2D eigenvalue weighted by atomic mass is 16.6. The Kier molecular flexibility index (Phi) is 3.77. The summed E-state index contributed by atoms with van der Waals surface area (Å²) in [7, 11) is 4.28. The molecule has 0 heterocycles. The standard InChI is InChI=1S/C11H11O5/c1-15-10(11(14)16-2)6-7-3-4-8(12)9(13)5-7/h3-6,12-13H,2H2,1H3. The Labute approximate surface area is 92.5 Å². The van der Waals surface area contributed by atoms with Crippen LogP contribution >= 0.6 is 0 Å². The van der Waals surface area contributed by atoms with Gasteiger partial charge in [-0.2, -0.15) is 0 Å². The van der Waals surface area contributed by atoms with Crippen molar-refractivity contribution in [3.63, 3.8) is 0 Å². The fourth-order valence-corrected chi connectivity index (χ4v) is 1.05. The van der Waals surface area contributed by atoms with E-state index in [0.717, 1.165) is 0 Å². The number of aromatic hydroxyl groups is 2. The van der Waals surface area contributed by atoms with E-state index < -0.39 is 5.97 Å². The highest BCUT2D eigenvalue weighted by Gasteiger charge is 2.10. The quantitative estimate of drug-likeness (QED) is 0.351. The molecule has 1 aromatic carbocycles. The maximum absolute atomic E-state index is 11.1. The summed E-state index contributed by atoms with van der Waals surface area (Å²) in [6.07, 6.45) is 1.35. The molecule has 0 bridgehead atoms. The number of phenolic OH excluding ortho intramolecular Hbond substituents is 2. The average molecular weight is 223 g/mol. The summed E-state index contributed by atoms with van der Waals surface area (Å²) < 4.78 is 9.01. The van der Waals surface area contributed by atoms with Crippen molar-refractivity contribution in [2.45, 2.75) is 0 Å². The van der Waals surface area contributed by atoms with Gasteiger partial charge in [-0.15, -0.1) is 0 Å². The van der Waals surface area contributed by atoms with Crippen molar-refractivity contribution < 1.29 is 24.5 Å². The maximum Gasteiger partial charge on any atom is 0.373 e. The zero-order valence-corrected chi connectivity index (χ0v) is 8.64. The fraction of sp³-hybridized carbons (Fsp3) is 0.0909. The molecule has 0 saturated heterocycles. The van der Waals surface area contributed by atoms with Crippen molar-refractivity contribution in [1.82, 2.24) is 0 Å². The van der Waals surface area contributed by atoms with Crippen molar-refractivity contribution in [2.75, 3.05) is 7.11 Å². The first-order valence-corrected chi connectivity index (χ1v) is 4.32. The Balaban J connectivity index is 3.04. The number of phenols is 2. The van der Waals surface area contributed by atoms with Gasteiger partial charge in [0, 0.05) is 0 Å². The average Bonchev–Trinajstić information content (AvgIpc) is 2.29. The van der Waals surface area contributed by atoms with Crippen molar-refractivity contribution >= 4 is 12.0 Å². The predicted molar refractivity (Wildman–Crippen MR) is 56.2 cm³/mol. The summed E-state index contributed by atoms with van der Waals surface area (Å²) in [5, 5.41) is 18.3. The number of hydrogen-bond donors (Lipinski definition) is 2. The minimum Gasteiger partial charge on any atom is -0.504 e. The van der Waals surface area contributed by atoms with E-state index in [-0.39, 0.29) is 17.3 Å². The zero-order valence-electron chi connectivity index (χ0n) is 8.64. The Hall–Kier alpha value is -2.17. The van der Waals surface area contributed by atoms with Crippen LogP contribution in [0.25, 0.3) is 6.08 Å². The Morgan fingerprint density at radius 3 is 2.56 bits per heavy atom. The van der Waals surface area contributed by atoms with Crippen LogP contribution < -0.4 is 0 Å². The zero-order chi connectivity index (χ0) is 12.1. The summed E-state index contributed by atoms with van der Waals surface area (Å²) in [6, 6.07) is 4.08. The molecule has 0 unspecified atom stereocenters. The topological polar surface area (TPSA) is 76.0 Å². The molecule has 2 N–H and O–H groups in total. The first kappa shape index (κ1) is 11.9. The molecular formula is C11H11O5. The van der Waals surface area contributed by atoms with Gasteiger partial charge in [-0.05, 0) is 23.8 Å². The molecule has 0 fully saturated rings. The van der Waals surface area contributed by atoms with E-state index in [9.17, 15) is 9.90 Å². The smallest absolute Gasteiger partial charge is 0.373 e. The van der Waals surface area contributed by atoms with Crippen molar-refractivity contribution in [3.05, 3.63) is 36.6 Å². The van der Waals surface area contributed by atoms with Crippen LogP contribution in [0.2, 0.25) is 0 Å². The van der Waals surface area contributed by atoms with Gasteiger partial charge in [0.05, 0.1) is 7.11 Å². The molecule has 0 aliphatic rings. The highest BCUT2D eigenvalue weighted by Crippen LogP contribution is 2.26. The number of esters is 1. The molecule has 0 aromatic heterocycles. The number of hydrogen-bond acceptors (Lipinski definition) is 5. The second kappa shape index (κ2) is 5.06. The molecule has 5 heteroatoms. The fourth-order valence-electron chi connectivity index (χ4n) is 1.05. The number of benzene rings is 1. The monoisotopic (exact) mass is 223 g/mol. The number of carbonyl (C=O) groups is 1. The molecule has 1 aromatic rings. The van der Waals surface area contributed by atoms with Crippen molar-refractivity contribution in [2.24, 2.45) is 0 Å². The van der Waals surface area contributed by atoms with E-state index in [1.54, 1.807) is 0 Å². The van der Waals surface area contributed by atoms with Gasteiger partial charge in [0.25, 0.3) is 0 Å². The van der Waals surface area contributed by atoms with Crippen molar-refractivity contribution in [1.29, 1.82) is 0 Å². The molecule has 16 heavy (non-hydrogen) atoms. The summed E-state index contributed by atoms with van der Waals surface area (Å²) in [4.78, 5) is 11.1. The molecule has 0 amide bonds. The molecule has 5 nitrogen and oxygen atoms in total. The molecule has 1 radical (unpaired) electrons. The lowest BCUT2D eigenvalue weighted by Gasteiger charge is -2.04. The van der Waals surface area contributed by atoms with Gasteiger partial charge in [0.2, 0.25) is 5.76 Å². The van der Waals surface area contributed by atoms with Gasteiger partial charge in [0.1, 0.15) is 7.11 Å². The second-order valence-corrected chi connectivity index (χ2v) is 2.89. The molecule has 0 spiro atoms. The van der Waals surface area contributed by atoms with E-state index in [4.69, 9.17) is 9.84 Å². The Morgan fingerprint density at radius 1 is 1.38 bits per heavy atom. The predicted octanol–water partition coefficient (Wildman–Crippen LogP) is 1.42. The second-order valence-electron chi connectivity index (χ2n) is 2.89. The molecule has 0 aliphatic heterocycles. The van der Waals surface area contributed by atoms with Crippen LogP contribution in [-0.2, 0) is 14.3 Å². The third-order valence-electron chi connectivity index (χ3n) is 1.85. The molecular weight excluding hydrogens is 212 g/mol. The molecule has 0 atom stereocenters. The van der Waals surface area contributed by atoms with Crippen LogP contribution in [0.15, 0.2) is 24.0 Å². The number of carbonyl (C=O) groups excluding carboxylic acids is 1. The number of ether oxygens (including phenoxy) is 2. The largest absolute Gasteiger partial charge is 0.504 e. The van der Waals surface area contributed by atoms with E-state index in [0.29, 0.717) is 5.56 Å². The van der Waals surface area contributed by atoms with E-state index in [1.807, 2.05) is 0 Å². The van der Waals surface area contributed by atoms with Gasteiger partial charge in [0.15, 0.2) is 11.5 Å². The van der Waals surface area contributed by atoms with E-state index >= 15 is 0 Å². The lowest BCUT2D eigenvalue weighted by molar-refractivity contribution is -0.137. The van der Waals surface area contributed by atoms with Crippen LogP contribution in [0.4, 0.5) is 0 Å². The normalized spacial score (nSPS) is 11.0. The first-order chi connectivity index (χ1) is 7.58. The lowest BCUT2D eigenvalue weighted by Crippen LogP contribution is -2.04. The van der Waals surface area contributed by atoms with Crippen LogP contribution in [0.3, 0.4) is 0 Å². The first-order valence-electron chi connectivity index (χ1n) is 4.32. The minimum atomic E-state index is -0.727. The van der Waals surface area contributed by atoms with Gasteiger partial charge < -0.3 is 19.7 Å². The molecule has 1 rings (SSSR count). The summed E-state index contributed by atoms with van der Waals surface area (Å²) in [5.41, 5.74) is 0.484. The van der Waals surface area contributed by atoms with Gasteiger partial charge in [-0.1, -0.05) is 6.07 Å². The summed E-state index contributed by atoms with van der Waals surface area (Å²) in [6.45, 7) is 0. The Bertz CT molecular complexity index is 422. The summed E-state index contributed by atoms with van der Waals surface area (Å²) >= 11 is 0. The lowest BCUT2D eigenvalue weighted by atomic mass is 10.2. The molecule has 0 saturated carbocycles. The summed E-state index contributed by atoms with van der Waals surface area (Å²) in [5.74, 6) is -1.31. The SMILES string of the molecule is [CH2]OC(=O)C(=Cc1ccc(O)c(O)c1)OC. The number of methoxy groups -OCH3 is 1. The third kappa shape index (κ3) is 2.66. The molecule has 0 aliphatic carbocycles. The van der Waals surface area contributed by atoms with Crippen LogP contribution in [-0.4, -0.2) is 23.3 Å². The van der Waals surface area contributed by atoms with Crippen LogP contribution in [0, 0.1) is 7.11 Å². The van der Waals surface area contributed by atoms with Gasteiger partial charge in [-0.3, -0.25) is 0 Å². The highest BCUT2D eigenvalue weighted by molar-refractivity contribution is 5.91. The molecule has 85 valence electrons. The van der Waals surface area contributed by atoms with E-state index in [2.05, 4.69) is 11.8 Å². The number of rotatable bonds is 3. The Morgan fingerprint density at radius 2 is 2.06 bits per heavy atom. The third-order valence-corrected chi connectivity index (χ3v) is 1.85. The van der Waals surface area contributed by atoms with Crippen LogP contribution in [0.5, 0.6) is 11.5 Å². The van der Waals surface area contributed by atoms with Crippen LogP contribution in [0.1, 0.15) is 5.56 Å². The maximum atomic E-state index is 11.1. The minimum absolute atomic E-state index is 0.0555. The van der Waals surface area contributed by atoms with E-state index in [1.165, 1.54) is 31.4 Å². The van der Waals surface area contributed by atoms with Gasteiger partial charge in [-0.25, -0.2) is 4.79 Å². The van der Waals surface area contributed by atoms with Gasteiger partial charge >= 0.3 is 5.97 Å².